The number of aliphatic hydroxyl groups is 2. The Hall–Kier alpha value is -2.76. The second-order valence-corrected chi connectivity index (χ2v) is 21.7. The molecule has 2 N–H and O–H groups in total. The number of likely N-dealkylation sites (N-methyl/N-ethyl adjacent to an activating group) is 2. The summed E-state index contributed by atoms with van der Waals surface area (Å²) in [6, 6.07) is 0. The van der Waals surface area contributed by atoms with Crippen molar-refractivity contribution in [2.24, 2.45) is 0 Å². The molecule has 0 saturated heterocycles. The minimum atomic E-state index is -0.698. The summed E-state index contributed by atoms with van der Waals surface area (Å²) < 4.78 is 32.5. The Morgan fingerprint density at radius 2 is 0.658 bits per heavy atom. The van der Waals surface area contributed by atoms with Gasteiger partial charge >= 0.3 is 35.8 Å². The zero-order chi connectivity index (χ0) is 55.9. The molecule has 4 unspecified atom stereocenters. The van der Waals surface area contributed by atoms with E-state index in [4.69, 9.17) is 28.4 Å². The van der Waals surface area contributed by atoms with Crippen LogP contribution >= 0.6 is 0 Å². The van der Waals surface area contributed by atoms with Crippen molar-refractivity contribution in [3.63, 3.8) is 0 Å². The van der Waals surface area contributed by atoms with Crippen LogP contribution in [0.15, 0.2) is 0 Å². The number of unbranched alkanes of at least 4 members (excludes halogenated alkanes) is 20. The Morgan fingerprint density at radius 3 is 1.03 bits per heavy atom. The molecule has 0 aliphatic carbocycles. The third-order valence-corrected chi connectivity index (χ3v) is 13.1. The molecule has 0 aliphatic heterocycles. The molecule has 0 fully saturated rings. The van der Waals surface area contributed by atoms with Crippen LogP contribution in [0.25, 0.3) is 0 Å². The Labute approximate surface area is 474 Å². The van der Waals surface area contributed by atoms with Crippen LogP contribution in [-0.4, -0.2) is 160 Å². The second kappa shape index (κ2) is 52.9. The number of carbonyl (C=O) groups is 6. The van der Waals surface area contributed by atoms with Crippen LogP contribution in [0, 0.1) is 0 Å². The van der Waals surface area contributed by atoms with Gasteiger partial charge in [-0.1, -0.05) is 149 Å². The lowest BCUT2D eigenvalue weighted by molar-refractivity contribution is -0.883. The van der Waals surface area contributed by atoms with Gasteiger partial charge in [-0.25, -0.2) is 9.59 Å². The average Bonchev–Trinajstić information content (AvgIpc) is 3.31. The van der Waals surface area contributed by atoms with Crippen LogP contribution < -0.4 is 24.8 Å². The Balaban J connectivity index is -0.000000725. The molecule has 0 rings (SSSR count). The van der Waals surface area contributed by atoms with E-state index in [0.717, 1.165) is 122 Å². The number of nitrogens with zero attached hydrogens (tertiary/aromatic N) is 2. The van der Waals surface area contributed by atoms with Gasteiger partial charge in [-0.3, -0.25) is 19.2 Å². The molecule has 16 nitrogen and oxygen atoms in total. The van der Waals surface area contributed by atoms with Gasteiger partial charge < -0.3 is 72.4 Å². The van der Waals surface area contributed by atoms with Crippen LogP contribution in [-0.2, 0) is 57.2 Å². The molecule has 0 aromatic rings. The molecule has 0 aromatic heterocycles. The number of halogens is 2. The summed E-state index contributed by atoms with van der Waals surface area (Å²) in [7, 11) is 7.59. The van der Waals surface area contributed by atoms with Crippen molar-refractivity contribution in [1.29, 1.82) is 0 Å². The highest BCUT2D eigenvalue weighted by Gasteiger charge is 2.29. The number of aliphatic hydroxyl groups excluding tert-OH is 2. The minimum Gasteiger partial charge on any atom is -1.00 e. The van der Waals surface area contributed by atoms with Crippen molar-refractivity contribution in [2.75, 3.05) is 80.8 Å². The monoisotopic (exact) mass is 1130 g/mol. The van der Waals surface area contributed by atoms with Crippen LogP contribution in [0.5, 0.6) is 0 Å². The molecule has 0 radical (unpaired) electrons. The van der Waals surface area contributed by atoms with E-state index in [0.29, 0.717) is 67.4 Å². The fourth-order valence-corrected chi connectivity index (χ4v) is 8.39. The standard InChI is InChI=1S/C35H66NO9.C23H46NO5.2ClH/c1-6-7-17-23-33(45-35(41)29-36(4,5)25-28-43-31(3)38)32(39)22-18-13-12-14-19-24-34(40)44-27-21-16-11-9-8-10-15-20-26-42-30(2)37;1-6-8-10-11-12-14-15-21(26)22(16-13-9-7-2)29-23(27)19-24(4,5)17-18-28-20(3)25;;/h32-33,39H,6-29H2,1-5H3;21-22,26H,6-19H2,1-5H3;2*1H/q2*+1;;/p-2. The summed E-state index contributed by atoms with van der Waals surface area (Å²) in [6.45, 7) is 13.5. The van der Waals surface area contributed by atoms with E-state index >= 15 is 0 Å². The van der Waals surface area contributed by atoms with Crippen LogP contribution in [0.3, 0.4) is 0 Å². The number of hydrogen-bond donors (Lipinski definition) is 2. The highest BCUT2D eigenvalue weighted by atomic mass is 35.5. The lowest BCUT2D eigenvalue weighted by Gasteiger charge is -2.30. The van der Waals surface area contributed by atoms with Crippen molar-refractivity contribution in [3.05, 3.63) is 0 Å². The van der Waals surface area contributed by atoms with Gasteiger partial charge in [0.2, 0.25) is 0 Å². The number of rotatable bonds is 48. The van der Waals surface area contributed by atoms with Gasteiger partial charge in [-0.05, 0) is 57.8 Å². The SMILES string of the molecule is CCCCCC(OC(=O)C[N+](C)(C)CCOC(C)=O)C(O)CCCCCCCC(=O)OCCCCCCCCCCOC(C)=O.CCCCCCCCC(O)C(CCCCC)OC(=O)C[N+](C)(C)CCOC(C)=O.[Cl-].[Cl-]. The topological polar surface area (TPSA) is 198 Å². The quantitative estimate of drug-likeness (QED) is 0.0369. The smallest absolute Gasteiger partial charge is 0.362 e. The largest absolute Gasteiger partial charge is 1.00 e. The molecule has 0 aliphatic rings. The highest BCUT2D eigenvalue weighted by molar-refractivity contribution is 5.71. The molecule has 0 aromatic carbocycles. The molecule has 0 saturated carbocycles. The number of carbonyl (C=O) groups excluding carboxylic acids is 6. The summed E-state index contributed by atoms with van der Waals surface area (Å²) >= 11 is 0. The third-order valence-electron chi connectivity index (χ3n) is 13.1. The Morgan fingerprint density at radius 1 is 0.368 bits per heavy atom. The normalized spacial score (nSPS) is 12.8. The van der Waals surface area contributed by atoms with Gasteiger partial charge in [0.15, 0.2) is 13.1 Å². The highest BCUT2D eigenvalue weighted by Crippen LogP contribution is 2.20. The maximum atomic E-state index is 12.7. The summed E-state index contributed by atoms with van der Waals surface area (Å²) in [6.07, 6.45) is 27.1. The van der Waals surface area contributed by atoms with Crippen molar-refractivity contribution in [3.8, 4) is 0 Å². The van der Waals surface area contributed by atoms with Gasteiger partial charge in [0.1, 0.15) is 38.5 Å². The minimum absolute atomic E-state index is 0. The summed E-state index contributed by atoms with van der Waals surface area (Å²) in [5, 5.41) is 21.5. The molecule has 76 heavy (non-hydrogen) atoms. The average molecular weight is 1130 g/mol. The predicted molar refractivity (Wildman–Crippen MR) is 292 cm³/mol. The van der Waals surface area contributed by atoms with Crippen LogP contribution in [0.1, 0.15) is 234 Å². The van der Waals surface area contributed by atoms with E-state index in [9.17, 15) is 39.0 Å². The first kappa shape index (κ1) is 79.7. The molecule has 0 amide bonds. The number of esters is 6. The number of ether oxygens (including phenoxy) is 6. The van der Waals surface area contributed by atoms with E-state index in [1.807, 2.05) is 28.2 Å². The Bertz CT molecular complexity index is 1440. The molecule has 0 heterocycles. The molecule has 452 valence electrons. The second-order valence-electron chi connectivity index (χ2n) is 21.7. The van der Waals surface area contributed by atoms with Crippen molar-refractivity contribution in [1.82, 2.24) is 0 Å². The molecule has 0 bridgehead atoms. The fourth-order valence-electron chi connectivity index (χ4n) is 8.39. The first-order chi connectivity index (χ1) is 35.2. The van der Waals surface area contributed by atoms with Gasteiger partial charge in [0, 0.05) is 27.2 Å². The Kier molecular flexibility index (Phi) is 55.5. The fraction of sp³-hybridized carbons (Fsp3) is 0.897. The van der Waals surface area contributed by atoms with Gasteiger partial charge in [-0.2, -0.15) is 0 Å². The van der Waals surface area contributed by atoms with E-state index in [1.165, 1.54) is 59.3 Å². The van der Waals surface area contributed by atoms with Crippen LogP contribution in [0.2, 0.25) is 0 Å². The molecular weight excluding hydrogens is 1020 g/mol. The zero-order valence-electron chi connectivity index (χ0n) is 49.6. The van der Waals surface area contributed by atoms with Gasteiger partial charge in [0.25, 0.3) is 0 Å². The predicted octanol–water partition coefficient (Wildman–Crippen LogP) is 4.67. The van der Waals surface area contributed by atoms with Crippen molar-refractivity contribution < 1.29 is 101 Å². The zero-order valence-corrected chi connectivity index (χ0v) is 51.1. The summed E-state index contributed by atoms with van der Waals surface area (Å²) in [5.74, 6) is -1.65. The van der Waals surface area contributed by atoms with E-state index in [1.54, 1.807) is 0 Å². The summed E-state index contributed by atoms with van der Waals surface area (Å²) in [4.78, 5) is 69.8. The van der Waals surface area contributed by atoms with Crippen molar-refractivity contribution >= 4 is 35.8 Å². The first-order valence-corrected chi connectivity index (χ1v) is 29.1. The third kappa shape index (κ3) is 54.6. The maximum absolute atomic E-state index is 12.7. The lowest BCUT2D eigenvalue weighted by Crippen LogP contribution is -3.00. The van der Waals surface area contributed by atoms with Gasteiger partial charge in [-0.15, -0.1) is 0 Å². The van der Waals surface area contributed by atoms with Gasteiger partial charge in [0.05, 0.1) is 53.6 Å². The maximum Gasteiger partial charge on any atom is 0.362 e. The molecule has 18 heteroatoms. The van der Waals surface area contributed by atoms with Crippen LogP contribution in [0.4, 0.5) is 0 Å². The summed E-state index contributed by atoms with van der Waals surface area (Å²) in [5.41, 5.74) is 0. The van der Waals surface area contributed by atoms with E-state index < -0.39 is 24.4 Å². The molecular formula is C58H112Cl2N2O14. The van der Waals surface area contributed by atoms with Crippen molar-refractivity contribution in [2.45, 2.75) is 259 Å². The van der Waals surface area contributed by atoms with E-state index in [2.05, 4.69) is 20.8 Å². The number of quaternary nitrogens is 2. The molecule has 4 atom stereocenters. The van der Waals surface area contributed by atoms with E-state index in [-0.39, 0.29) is 86.9 Å². The number of hydrogen-bond acceptors (Lipinski definition) is 14. The lowest BCUT2D eigenvalue weighted by atomic mass is 10.00. The first-order valence-electron chi connectivity index (χ1n) is 29.1. The molecule has 0 spiro atoms.